The number of furan rings is 2. The molecule has 0 saturated carbocycles. The molecule has 1 nitrogen and oxygen atoms in total. The third-order valence-electron chi connectivity index (χ3n) is 4.45. The van der Waals surface area contributed by atoms with Crippen LogP contribution in [-0.4, -0.2) is 0 Å². The molecule has 0 spiro atoms. The molecule has 1 heteroatoms. The van der Waals surface area contributed by atoms with Crippen molar-refractivity contribution >= 4 is 21.9 Å². The van der Waals surface area contributed by atoms with Crippen LogP contribution in [0.2, 0.25) is 0 Å². The third-order valence-corrected chi connectivity index (χ3v) is 4.45. The van der Waals surface area contributed by atoms with E-state index in [1.165, 1.54) is 33.0 Å². The molecule has 0 amide bonds. The molecular weight excluding hydrogens is 280 g/mol. The van der Waals surface area contributed by atoms with Gasteiger partial charge in [-0.25, -0.2) is 0 Å². The Labute approximate surface area is 134 Å². The van der Waals surface area contributed by atoms with Crippen LogP contribution in [0, 0.1) is 0 Å². The molecule has 0 saturated heterocycles. The monoisotopic (exact) mass is 294 g/mol. The number of hydrogen-bond donors (Lipinski definition) is 0. The van der Waals surface area contributed by atoms with Crippen molar-refractivity contribution in [3.8, 4) is 22.3 Å². The second kappa shape index (κ2) is 4.72. The Balaban J connectivity index is 1.79. The van der Waals surface area contributed by atoms with Crippen LogP contribution in [0.5, 0.6) is 0 Å². The van der Waals surface area contributed by atoms with Crippen LogP contribution in [0.4, 0.5) is 0 Å². The zero-order valence-corrected chi connectivity index (χ0v) is 12.5. The Bertz CT molecular complexity index is 1100. The molecule has 2 bridgehead atoms. The van der Waals surface area contributed by atoms with E-state index in [1.807, 2.05) is 6.07 Å². The maximum absolute atomic E-state index is 6.00. The molecule has 23 heavy (non-hydrogen) atoms. The molecule has 0 atom stereocenters. The molecule has 0 aliphatic rings. The highest BCUT2D eigenvalue weighted by Gasteiger charge is 2.17. The van der Waals surface area contributed by atoms with Crippen molar-refractivity contribution < 1.29 is 4.42 Å². The number of rotatable bonds is 2. The van der Waals surface area contributed by atoms with Crippen molar-refractivity contribution in [1.82, 2.24) is 0 Å². The highest BCUT2D eigenvalue weighted by atomic mass is 16.3. The van der Waals surface area contributed by atoms with Gasteiger partial charge in [0.2, 0.25) is 0 Å². The van der Waals surface area contributed by atoms with E-state index in [4.69, 9.17) is 4.42 Å². The molecular formula is C22H14O. The van der Waals surface area contributed by atoms with Crippen LogP contribution in [0.3, 0.4) is 0 Å². The van der Waals surface area contributed by atoms with Gasteiger partial charge in [0.25, 0.3) is 0 Å². The largest absolute Gasteiger partial charge is 0.456 e. The lowest BCUT2D eigenvalue weighted by Crippen LogP contribution is -1.82. The first-order chi connectivity index (χ1) is 11.4. The molecule has 0 aliphatic heterocycles. The van der Waals surface area contributed by atoms with Crippen molar-refractivity contribution in [2.24, 2.45) is 0 Å². The van der Waals surface area contributed by atoms with Crippen LogP contribution in [-0.2, 0) is 0 Å². The maximum atomic E-state index is 6.00. The highest BCUT2D eigenvalue weighted by Crippen LogP contribution is 2.41. The molecule has 0 unspecified atom stereocenters. The van der Waals surface area contributed by atoms with Crippen molar-refractivity contribution in [1.29, 1.82) is 0 Å². The van der Waals surface area contributed by atoms with E-state index in [9.17, 15) is 0 Å². The summed E-state index contributed by atoms with van der Waals surface area (Å²) in [6.45, 7) is 0. The lowest BCUT2D eigenvalue weighted by molar-refractivity contribution is 0.676. The van der Waals surface area contributed by atoms with Gasteiger partial charge in [-0.15, -0.1) is 0 Å². The average molecular weight is 294 g/mol. The Morgan fingerprint density at radius 2 is 1.30 bits per heavy atom. The van der Waals surface area contributed by atoms with Crippen molar-refractivity contribution in [3.05, 3.63) is 84.9 Å². The van der Waals surface area contributed by atoms with Gasteiger partial charge in [-0.1, -0.05) is 72.8 Å². The summed E-state index contributed by atoms with van der Waals surface area (Å²) in [5, 5.41) is 2.52. The minimum atomic E-state index is 0.932. The fourth-order valence-electron chi connectivity index (χ4n) is 3.38. The van der Waals surface area contributed by atoms with Gasteiger partial charge in [0.15, 0.2) is 0 Å². The summed E-state index contributed by atoms with van der Waals surface area (Å²) in [7, 11) is 0. The third kappa shape index (κ3) is 1.87. The van der Waals surface area contributed by atoms with Crippen LogP contribution < -0.4 is 0 Å². The predicted molar refractivity (Wildman–Crippen MR) is 95.8 cm³/mol. The van der Waals surface area contributed by atoms with Gasteiger partial charge >= 0.3 is 0 Å². The van der Waals surface area contributed by atoms with Crippen LogP contribution in [0.1, 0.15) is 0 Å². The molecule has 2 heterocycles. The second-order valence-electron chi connectivity index (χ2n) is 5.84. The first-order valence-electron chi connectivity index (χ1n) is 7.79. The van der Waals surface area contributed by atoms with E-state index in [2.05, 4.69) is 78.9 Å². The van der Waals surface area contributed by atoms with Gasteiger partial charge in [-0.2, -0.15) is 0 Å². The number of benzene rings is 4. The average Bonchev–Trinajstić information content (AvgIpc) is 3.23. The van der Waals surface area contributed by atoms with E-state index in [0.717, 1.165) is 11.2 Å². The van der Waals surface area contributed by atoms with Gasteiger partial charge in [-0.05, 0) is 34.0 Å². The minimum Gasteiger partial charge on any atom is -0.456 e. The molecule has 5 aromatic rings. The standard InChI is InChI=1S/C22H14O/c1-2-7-16(8-3-1)20-13-17-14-21(22(20)23-17)19-12-6-10-15-9-4-5-11-18(15)19/h1-14H. The fourth-order valence-corrected chi connectivity index (χ4v) is 3.38. The van der Waals surface area contributed by atoms with E-state index in [0.29, 0.717) is 0 Å². The van der Waals surface area contributed by atoms with Gasteiger partial charge in [0.1, 0.15) is 11.2 Å². The summed E-state index contributed by atoms with van der Waals surface area (Å²) >= 11 is 0. The van der Waals surface area contributed by atoms with Gasteiger partial charge in [-0.3, -0.25) is 0 Å². The topological polar surface area (TPSA) is 13.1 Å². The van der Waals surface area contributed by atoms with Gasteiger partial charge in [0.05, 0.1) is 0 Å². The SMILES string of the molecule is c1ccc(-c2cc3cc(-c4cccc5ccccc45)c2o3)cc1. The summed E-state index contributed by atoms with van der Waals surface area (Å²) in [5.41, 5.74) is 6.69. The molecule has 108 valence electrons. The summed E-state index contributed by atoms with van der Waals surface area (Å²) in [5.74, 6) is 0. The van der Waals surface area contributed by atoms with E-state index >= 15 is 0 Å². The van der Waals surface area contributed by atoms with Gasteiger partial charge < -0.3 is 4.42 Å². The van der Waals surface area contributed by atoms with E-state index in [-0.39, 0.29) is 0 Å². The Hall–Kier alpha value is -3.06. The zero-order chi connectivity index (χ0) is 15.2. The summed E-state index contributed by atoms with van der Waals surface area (Å²) in [6, 6.07) is 29.6. The minimum absolute atomic E-state index is 0.932. The maximum Gasteiger partial charge on any atom is 0.143 e. The predicted octanol–water partition coefficient (Wildman–Crippen LogP) is 6.36. The van der Waals surface area contributed by atoms with Crippen molar-refractivity contribution in [3.63, 3.8) is 0 Å². The van der Waals surface area contributed by atoms with Crippen LogP contribution in [0.25, 0.3) is 44.2 Å². The molecule has 0 radical (unpaired) electrons. The fraction of sp³-hybridized carbons (Fsp3) is 0. The summed E-state index contributed by atoms with van der Waals surface area (Å²) in [6.07, 6.45) is 0. The Kier molecular flexibility index (Phi) is 2.56. The summed E-state index contributed by atoms with van der Waals surface area (Å²) in [4.78, 5) is 0. The Morgan fingerprint density at radius 1 is 0.565 bits per heavy atom. The summed E-state index contributed by atoms with van der Waals surface area (Å²) < 4.78 is 6.00. The molecule has 5 rings (SSSR count). The second-order valence-corrected chi connectivity index (χ2v) is 5.84. The quantitative estimate of drug-likeness (QED) is 0.369. The lowest BCUT2D eigenvalue weighted by Gasteiger charge is -2.07. The van der Waals surface area contributed by atoms with Crippen molar-refractivity contribution in [2.45, 2.75) is 0 Å². The van der Waals surface area contributed by atoms with Crippen LogP contribution in [0.15, 0.2) is 89.3 Å². The molecule has 0 N–H and O–H groups in total. The molecule has 2 aromatic heterocycles. The molecule has 0 fully saturated rings. The lowest BCUT2D eigenvalue weighted by atomic mass is 9.95. The van der Waals surface area contributed by atoms with Gasteiger partial charge in [0, 0.05) is 11.1 Å². The zero-order valence-electron chi connectivity index (χ0n) is 12.5. The number of fused-ring (bicyclic) bond motifs is 3. The highest BCUT2D eigenvalue weighted by molar-refractivity contribution is 6.05. The van der Waals surface area contributed by atoms with Crippen molar-refractivity contribution in [2.75, 3.05) is 0 Å². The van der Waals surface area contributed by atoms with E-state index in [1.54, 1.807) is 0 Å². The molecule has 3 aromatic carbocycles. The van der Waals surface area contributed by atoms with Crippen LogP contribution >= 0.6 is 0 Å². The Morgan fingerprint density at radius 3 is 2.17 bits per heavy atom. The van der Waals surface area contributed by atoms with E-state index < -0.39 is 0 Å². The first kappa shape index (κ1) is 12.5. The first-order valence-corrected chi connectivity index (χ1v) is 7.79. The smallest absolute Gasteiger partial charge is 0.143 e. The number of hydrogen-bond acceptors (Lipinski definition) is 1. The molecule has 0 aliphatic carbocycles. The normalized spacial score (nSPS) is 11.5.